The average molecular weight is 484 g/mol. The standard InChI is InChI=1S/C25H29N3O7/c1-6-35-24(30)20-21(15-13-18(32-3)22(34-5)19(14-15)33-4)28-17-10-8-7-9-16(17)26-25(28)27(23(20)29)11-12-31-2/h7-10,13-14,20-21H,6,11-12H2,1-5H3/t20-,21+/m0/s1. The summed E-state index contributed by atoms with van der Waals surface area (Å²) in [5.41, 5.74) is 2.08. The van der Waals surface area contributed by atoms with Crippen molar-refractivity contribution in [3.05, 3.63) is 42.0 Å². The molecular formula is C25H29N3O7. The number of ether oxygens (including phenoxy) is 5. The summed E-state index contributed by atoms with van der Waals surface area (Å²) in [7, 11) is 6.10. The maximum absolute atomic E-state index is 13.8. The first-order valence-electron chi connectivity index (χ1n) is 11.2. The quantitative estimate of drug-likeness (QED) is 0.338. The van der Waals surface area contributed by atoms with Crippen molar-refractivity contribution >= 4 is 28.9 Å². The van der Waals surface area contributed by atoms with Crippen molar-refractivity contribution in [3.63, 3.8) is 0 Å². The average Bonchev–Trinajstić information content (AvgIpc) is 3.25. The lowest BCUT2D eigenvalue weighted by atomic mass is 9.89. The van der Waals surface area contributed by atoms with Crippen molar-refractivity contribution in [2.75, 3.05) is 53.1 Å². The summed E-state index contributed by atoms with van der Waals surface area (Å²) in [6.07, 6.45) is 0. The highest BCUT2D eigenvalue weighted by Gasteiger charge is 2.48. The van der Waals surface area contributed by atoms with Crippen molar-refractivity contribution < 1.29 is 33.3 Å². The lowest BCUT2D eigenvalue weighted by Gasteiger charge is -2.38. The van der Waals surface area contributed by atoms with Gasteiger partial charge < -0.3 is 28.3 Å². The SMILES string of the molecule is CCOC(=O)[C@@H]1C(=O)N(CCOC)c2nc3ccccc3n2[C@@H]1c1cc(OC)c(OC)c(OC)c1. The molecule has 0 aliphatic carbocycles. The Labute approximate surface area is 203 Å². The highest BCUT2D eigenvalue weighted by Crippen LogP contribution is 2.46. The Kier molecular flexibility index (Phi) is 7.11. The highest BCUT2D eigenvalue weighted by molar-refractivity contribution is 6.08. The molecule has 2 aromatic carbocycles. The molecule has 1 aromatic heterocycles. The molecule has 3 aromatic rings. The van der Waals surface area contributed by atoms with Crippen molar-refractivity contribution in [2.45, 2.75) is 13.0 Å². The predicted octanol–water partition coefficient (Wildman–Crippen LogP) is 2.82. The molecule has 186 valence electrons. The molecule has 0 saturated carbocycles. The van der Waals surface area contributed by atoms with E-state index in [0.29, 0.717) is 34.3 Å². The number of benzene rings is 2. The van der Waals surface area contributed by atoms with E-state index >= 15 is 0 Å². The van der Waals surface area contributed by atoms with Crippen LogP contribution in [-0.2, 0) is 19.1 Å². The number of carbonyl (C=O) groups excluding carboxylic acids is 2. The zero-order valence-electron chi connectivity index (χ0n) is 20.4. The number of aromatic nitrogens is 2. The lowest BCUT2D eigenvalue weighted by Crippen LogP contribution is -2.51. The summed E-state index contributed by atoms with van der Waals surface area (Å²) < 4.78 is 29.1. The molecule has 1 aliphatic rings. The number of carbonyl (C=O) groups is 2. The number of amides is 1. The summed E-state index contributed by atoms with van der Waals surface area (Å²) in [6, 6.07) is 10.3. The molecule has 0 spiro atoms. The largest absolute Gasteiger partial charge is 0.493 e. The molecule has 0 bridgehead atoms. The van der Waals surface area contributed by atoms with E-state index in [-0.39, 0.29) is 19.8 Å². The Bertz CT molecular complexity index is 1210. The number of para-hydroxylation sites is 2. The first-order chi connectivity index (χ1) is 17.0. The molecular weight excluding hydrogens is 454 g/mol. The number of hydrogen-bond acceptors (Lipinski definition) is 8. The van der Waals surface area contributed by atoms with E-state index in [9.17, 15) is 9.59 Å². The van der Waals surface area contributed by atoms with Crippen molar-refractivity contribution in [3.8, 4) is 17.2 Å². The van der Waals surface area contributed by atoms with Gasteiger partial charge in [-0.1, -0.05) is 12.1 Å². The van der Waals surface area contributed by atoms with Crippen LogP contribution in [0.2, 0.25) is 0 Å². The molecule has 0 fully saturated rings. The minimum atomic E-state index is -1.17. The Balaban J connectivity index is 2.03. The summed E-state index contributed by atoms with van der Waals surface area (Å²) >= 11 is 0. The Morgan fingerprint density at radius 1 is 1.03 bits per heavy atom. The van der Waals surface area contributed by atoms with Gasteiger partial charge in [0.05, 0.1) is 58.2 Å². The van der Waals surface area contributed by atoms with E-state index in [1.54, 1.807) is 26.2 Å². The maximum atomic E-state index is 13.8. The van der Waals surface area contributed by atoms with Crippen LogP contribution in [0.5, 0.6) is 17.2 Å². The van der Waals surface area contributed by atoms with Gasteiger partial charge in [-0.25, -0.2) is 4.98 Å². The van der Waals surface area contributed by atoms with Gasteiger partial charge in [0.25, 0.3) is 0 Å². The Hall–Kier alpha value is -3.79. The maximum Gasteiger partial charge on any atom is 0.321 e. The molecule has 2 atom stereocenters. The summed E-state index contributed by atoms with van der Waals surface area (Å²) in [4.78, 5) is 33.4. The van der Waals surface area contributed by atoms with E-state index in [1.807, 2.05) is 28.8 Å². The van der Waals surface area contributed by atoms with Gasteiger partial charge in [-0.3, -0.25) is 14.5 Å². The minimum absolute atomic E-state index is 0.139. The van der Waals surface area contributed by atoms with Gasteiger partial charge in [-0.15, -0.1) is 0 Å². The van der Waals surface area contributed by atoms with Gasteiger partial charge in [0, 0.05) is 7.11 Å². The zero-order valence-corrected chi connectivity index (χ0v) is 20.4. The molecule has 1 aliphatic heterocycles. The number of fused-ring (bicyclic) bond motifs is 3. The monoisotopic (exact) mass is 483 g/mol. The molecule has 4 rings (SSSR count). The van der Waals surface area contributed by atoms with Crippen molar-refractivity contribution in [1.82, 2.24) is 9.55 Å². The first-order valence-corrected chi connectivity index (χ1v) is 11.2. The van der Waals surface area contributed by atoms with Crippen LogP contribution in [0.25, 0.3) is 11.0 Å². The third kappa shape index (κ3) is 4.14. The number of methoxy groups -OCH3 is 4. The molecule has 10 heteroatoms. The van der Waals surface area contributed by atoms with E-state index in [0.717, 1.165) is 5.52 Å². The van der Waals surface area contributed by atoms with Gasteiger partial charge in [0.15, 0.2) is 17.4 Å². The number of imidazole rings is 1. The van der Waals surface area contributed by atoms with Crippen LogP contribution in [0.1, 0.15) is 18.5 Å². The van der Waals surface area contributed by atoms with Crippen LogP contribution in [-0.4, -0.2) is 69.6 Å². The fraction of sp³-hybridized carbons (Fsp3) is 0.400. The zero-order chi connectivity index (χ0) is 25.1. The molecule has 0 N–H and O–H groups in total. The minimum Gasteiger partial charge on any atom is -0.493 e. The van der Waals surface area contributed by atoms with Crippen LogP contribution in [0.15, 0.2) is 36.4 Å². The number of nitrogens with zero attached hydrogens (tertiary/aromatic N) is 3. The van der Waals surface area contributed by atoms with Crippen LogP contribution in [0.3, 0.4) is 0 Å². The van der Waals surface area contributed by atoms with Crippen molar-refractivity contribution in [2.24, 2.45) is 5.92 Å². The number of hydrogen-bond donors (Lipinski definition) is 0. The molecule has 0 saturated heterocycles. The predicted molar refractivity (Wildman–Crippen MR) is 128 cm³/mol. The highest BCUT2D eigenvalue weighted by atomic mass is 16.5. The van der Waals surface area contributed by atoms with Gasteiger partial charge in [0.2, 0.25) is 17.6 Å². The van der Waals surface area contributed by atoms with Gasteiger partial charge in [-0.2, -0.15) is 0 Å². The molecule has 1 amide bonds. The lowest BCUT2D eigenvalue weighted by molar-refractivity contribution is -0.153. The molecule has 0 radical (unpaired) electrons. The normalized spacial score (nSPS) is 17.3. The fourth-order valence-electron chi connectivity index (χ4n) is 4.52. The van der Waals surface area contributed by atoms with E-state index in [4.69, 9.17) is 28.7 Å². The molecule has 0 unspecified atom stereocenters. The van der Waals surface area contributed by atoms with Crippen LogP contribution in [0, 0.1) is 5.92 Å². The second kappa shape index (κ2) is 10.2. The number of rotatable bonds is 9. The summed E-state index contributed by atoms with van der Waals surface area (Å²) in [5.74, 6) is -0.559. The first kappa shape index (κ1) is 24.3. The smallest absolute Gasteiger partial charge is 0.321 e. The second-order valence-electron chi connectivity index (χ2n) is 7.89. The van der Waals surface area contributed by atoms with Crippen LogP contribution >= 0.6 is 0 Å². The third-order valence-corrected chi connectivity index (χ3v) is 6.03. The fourth-order valence-corrected chi connectivity index (χ4v) is 4.52. The van der Waals surface area contributed by atoms with Crippen LogP contribution in [0.4, 0.5) is 5.95 Å². The number of esters is 1. The topological polar surface area (TPSA) is 101 Å². The van der Waals surface area contributed by atoms with Crippen molar-refractivity contribution in [1.29, 1.82) is 0 Å². The van der Waals surface area contributed by atoms with E-state index in [2.05, 4.69) is 0 Å². The van der Waals surface area contributed by atoms with E-state index in [1.165, 1.54) is 26.2 Å². The second-order valence-corrected chi connectivity index (χ2v) is 7.89. The Morgan fingerprint density at radius 3 is 2.31 bits per heavy atom. The van der Waals surface area contributed by atoms with Gasteiger partial charge >= 0.3 is 5.97 Å². The summed E-state index contributed by atoms with van der Waals surface area (Å²) in [6.45, 7) is 2.36. The third-order valence-electron chi connectivity index (χ3n) is 6.03. The molecule has 10 nitrogen and oxygen atoms in total. The van der Waals surface area contributed by atoms with Crippen LogP contribution < -0.4 is 19.1 Å². The Morgan fingerprint density at radius 2 is 1.71 bits per heavy atom. The summed E-state index contributed by atoms with van der Waals surface area (Å²) in [5, 5.41) is 0. The van der Waals surface area contributed by atoms with Gasteiger partial charge in [0.1, 0.15) is 0 Å². The van der Waals surface area contributed by atoms with Gasteiger partial charge in [-0.05, 0) is 36.8 Å². The van der Waals surface area contributed by atoms with E-state index < -0.39 is 23.8 Å². The molecule has 35 heavy (non-hydrogen) atoms. The number of anilines is 1. The molecule has 2 heterocycles.